The van der Waals surface area contributed by atoms with Gasteiger partial charge in [-0.15, -0.1) is 0 Å². The summed E-state index contributed by atoms with van der Waals surface area (Å²) in [5, 5.41) is 20.9. The van der Waals surface area contributed by atoms with Gasteiger partial charge in [0.15, 0.2) is 5.60 Å². The summed E-state index contributed by atoms with van der Waals surface area (Å²) in [6.45, 7) is 1.47. The molecule has 1 aromatic heterocycles. The molecule has 0 aliphatic carbocycles. The van der Waals surface area contributed by atoms with Gasteiger partial charge in [-0.1, -0.05) is 28.1 Å². The summed E-state index contributed by atoms with van der Waals surface area (Å²) in [7, 11) is 0. The van der Waals surface area contributed by atoms with Crippen LogP contribution in [-0.4, -0.2) is 21.2 Å². The number of fused-ring (bicyclic) bond motifs is 1. The first-order valence-corrected chi connectivity index (χ1v) is 7.49. The fourth-order valence-corrected chi connectivity index (χ4v) is 2.44. The van der Waals surface area contributed by atoms with Gasteiger partial charge < -0.3 is 10.4 Å². The smallest absolute Gasteiger partial charge is 0.260 e. The van der Waals surface area contributed by atoms with E-state index in [1.165, 1.54) is 6.92 Å². The van der Waals surface area contributed by atoms with Crippen molar-refractivity contribution in [1.29, 1.82) is 0 Å². The van der Waals surface area contributed by atoms with Gasteiger partial charge in [-0.2, -0.15) is 5.10 Å². The Bertz CT molecular complexity index is 825. The van der Waals surface area contributed by atoms with E-state index >= 15 is 0 Å². The topological polar surface area (TPSA) is 78.0 Å². The van der Waals surface area contributed by atoms with Crippen LogP contribution in [0.15, 0.2) is 53.1 Å². The highest BCUT2D eigenvalue weighted by molar-refractivity contribution is 9.10. The van der Waals surface area contributed by atoms with Crippen molar-refractivity contribution in [2.45, 2.75) is 12.5 Å². The predicted octanol–water partition coefficient (Wildman–Crippen LogP) is 3.17. The van der Waals surface area contributed by atoms with E-state index in [2.05, 4.69) is 31.4 Å². The number of benzene rings is 2. The molecule has 0 radical (unpaired) electrons. The molecule has 0 saturated heterocycles. The van der Waals surface area contributed by atoms with E-state index in [-0.39, 0.29) is 0 Å². The first-order chi connectivity index (χ1) is 10.5. The molecule has 0 aliphatic rings. The highest BCUT2D eigenvalue weighted by Gasteiger charge is 2.32. The number of hydrogen-bond donors (Lipinski definition) is 3. The van der Waals surface area contributed by atoms with Crippen molar-refractivity contribution >= 4 is 38.4 Å². The quantitative estimate of drug-likeness (QED) is 0.671. The third kappa shape index (κ3) is 2.75. The molecule has 6 heteroatoms. The van der Waals surface area contributed by atoms with Crippen LogP contribution >= 0.6 is 15.9 Å². The molecule has 1 amide bonds. The molecule has 1 atom stereocenters. The standard InChI is InChI=1S/C16H14BrN3O2/c1-16(22,11-2-4-12(17)5-3-11)15(21)19-13-6-7-14-10(8-13)9-18-20-14/h2-9,22H,1H3,(H,18,20)(H,19,21)/t16-/m0/s1. The van der Waals surface area contributed by atoms with Crippen LogP contribution in [0.3, 0.4) is 0 Å². The van der Waals surface area contributed by atoms with Crippen LogP contribution in [0.5, 0.6) is 0 Å². The van der Waals surface area contributed by atoms with Crippen molar-refractivity contribution in [2.24, 2.45) is 0 Å². The van der Waals surface area contributed by atoms with Gasteiger partial charge >= 0.3 is 0 Å². The summed E-state index contributed by atoms with van der Waals surface area (Å²) < 4.78 is 0.887. The maximum Gasteiger partial charge on any atom is 0.260 e. The summed E-state index contributed by atoms with van der Waals surface area (Å²) in [6, 6.07) is 12.4. The molecule has 1 heterocycles. The highest BCUT2D eigenvalue weighted by Crippen LogP contribution is 2.25. The van der Waals surface area contributed by atoms with Crippen LogP contribution in [0.1, 0.15) is 12.5 Å². The number of H-pyrrole nitrogens is 1. The number of rotatable bonds is 3. The first-order valence-electron chi connectivity index (χ1n) is 6.70. The van der Waals surface area contributed by atoms with Crippen molar-refractivity contribution in [3.8, 4) is 0 Å². The second kappa shape index (κ2) is 5.55. The molecule has 112 valence electrons. The zero-order valence-electron chi connectivity index (χ0n) is 11.8. The van der Waals surface area contributed by atoms with E-state index in [0.29, 0.717) is 11.3 Å². The summed E-state index contributed by atoms with van der Waals surface area (Å²) >= 11 is 3.33. The molecular formula is C16H14BrN3O2. The zero-order valence-corrected chi connectivity index (χ0v) is 13.4. The largest absolute Gasteiger partial charge is 0.376 e. The lowest BCUT2D eigenvalue weighted by Crippen LogP contribution is -2.37. The molecule has 0 aliphatic heterocycles. The number of nitrogens with one attached hydrogen (secondary N) is 2. The van der Waals surface area contributed by atoms with Crippen LogP contribution in [0.25, 0.3) is 10.9 Å². The van der Waals surface area contributed by atoms with Crippen molar-refractivity contribution in [2.75, 3.05) is 5.32 Å². The summed E-state index contributed by atoms with van der Waals surface area (Å²) in [4.78, 5) is 12.4. The first kappa shape index (κ1) is 14.7. The SMILES string of the molecule is C[C@@](O)(C(=O)Nc1ccc2[nH]ncc2c1)c1ccc(Br)cc1. The number of aromatic amines is 1. The van der Waals surface area contributed by atoms with Gasteiger partial charge in [0.25, 0.3) is 5.91 Å². The van der Waals surface area contributed by atoms with Gasteiger partial charge in [0.1, 0.15) is 0 Å². The van der Waals surface area contributed by atoms with Crippen LogP contribution < -0.4 is 5.32 Å². The third-order valence-corrected chi connectivity index (χ3v) is 4.08. The number of amides is 1. The van der Waals surface area contributed by atoms with Gasteiger partial charge in [-0.25, -0.2) is 0 Å². The summed E-state index contributed by atoms with van der Waals surface area (Å²) in [5.41, 5.74) is 0.401. The Labute approximate surface area is 135 Å². The molecular weight excluding hydrogens is 346 g/mol. The fraction of sp³-hybridized carbons (Fsp3) is 0.125. The Hall–Kier alpha value is -2.18. The van der Waals surface area contributed by atoms with E-state index in [1.54, 1.807) is 42.6 Å². The molecule has 5 nitrogen and oxygen atoms in total. The van der Waals surface area contributed by atoms with Crippen molar-refractivity contribution in [3.05, 3.63) is 58.7 Å². The van der Waals surface area contributed by atoms with Gasteiger partial charge in [0.05, 0.1) is 11.7 Å². The second-order valence-electron chi connectivity index (χ2n) is 5.21. The highest BCUT2D eigenvalue weighted by atomic mass is 79.9. The van der Waals surface area contributed by atoms with Gasteiger partial charge in [-0.05, 0) is 42.8 Å². The monoisotopic (exact) mass is 359 g/mol. The molecule has 3 N–H and O–H groups in total. The minimum atomic E-state index is -1.62. The molecule has 3 rings (SSSR count). The molecule has 22 heavy (non-hydrogen) atoms. The van der Waals surface area contributed by atoms with Crippen LogP contribution in [0.2, 0.25) is 0 Å². The van der Waals surface area contributed by atoms with E-state index in [4.69, 9.17) is 0 Å². The predicted molar refractivity (Wildman–Crippen MR) is 88.4 cm³/mol. The molecule has 2 aromatic carbocycles. The van der Waals surface area contributed by atoms with E-state index in [9.17, 15) is 9.90 Å². The number of carbonyl (C=O) groups excluding carboxylic acids is 1. The Balaban J connectivity index is 1.84. The lowest BCUT2D eigenvalue weighted by molar-refractivity contribution is -0.133. The average Bonchev–Trinajstić information content (AvgIpc) is 2.95. The minimum absolute atomic E-state index is 0.488. The Morgan fingerprint density at radius 1 is 1.27 bits per heavy atom. The minimum Gasteiger partial charge on any atom is -0.376 e. The summed E-state index contributed by atoms with van der Waals surface area (Å²) in [5.74, 6) is -0.488. The third-order valence-electron chi connectivity index (χ3n) is 3.55. The second-order valence-corrected chi connectivity index (χ2v) is 6.12. The average molecular weight is 360 g/mol. The maximum atomic E-state index is 12.4. The Kier molecular flexibility index (Phi) is 3.72. The fourth-order valence-electron chi connectivity index (χ4n) is 2.18. The molecule has 0 fully saturated rings. The molecule has 0 unspecified atom stereocenters. The maximum absolute atomic E-state index is 12.4. The Morgan fingerprint density at radius 3 is 2.73 bits per heavy atom. The van der Waals surface area contributed by atoms with Gasteiger partial charge in [0, 0.05) is 15.5 Å². The van der Waals surface area contributed by atoms with Crippen molar-refractivity contribution in [3.63, 3.8) is 0 Å². The molecule has 3 aromatic rings. The zero-order chi connectivity index (χ0) is 15.7. The number of anilines is 1. The van der Waals surface area contributed by atoms with Crippen LogP contribution in [0, 0.1) is 0 Å². The van der Waals surface area contributed by atoms with E-state index in [1.807, 2.05) is 6.07 Å². The molecule has 0 spiro atoms. The molecule has 0 bridgehead atoms. The van der Waals surface area contributed by atoms with E-state index in [0.717, 1.165) is 15.4 Å². The number of carbonyl (C=O) groups is 1. The Morgan fingerprint density at radius 2 is 2.00 bits per heavy atom. The van der Waals surface area contributed by atoms with Crippen molar-refractivity contribution in [1.82, 2.24) is 10.2 Å². The number of halogens is 1. The van der Waals surface area contributed by atoms with E-state index < -0.39 is 11.5 Å². The van der Waals surface area contributed by atoms with Gasteiger partial charge in [0.2, 0.25) is 0 Å². The number of aliphatic hydroxyl groups is 1. The lowest BCUT2D eigenvalue weighted by Gasteiger charge is -2.23. The normalized spacial score (nSPS) is 13.8. The number of hydrogen-bond acceptors (Lipinski definition) is 3. The number of nitrogens with zero attached hydrogens (tertiary/aromatic N) is 1. The summed E-state index contributed by atoms with van der Waals surface area (Å²) in [6.07, 6.45) is 1.68. The van der Waals surface area contributed by atoms with Crippen LogP contribution in [0.4, 0.5) is 5.69 Å². The van der Waals surface area contributed by atoms with Crippen molar-refractivity contribution < 1.29 is 9.90 Å². The molecule has 0 saturated carbocycles. The van der Waals surface area contributed by atoms with Crippen LogP contribution in [-0.2, 0) is 10.4 Å². The van der Waals surface area contributed by atoms with Gasteiger partial charge in [-0.3, -0.25) is 9.89 Å². The number of aromatic nitrogens is 2. The lowest BCUT2D eigenvalue weighted by atomic mass is 9.95.